The predicted octanol–water partition coefficient (Wildman–Crippen LogP) is 4.76. The molecule has 1 amide bonds. The third kappa shape index (κ3) is 7.29. The summed E-state index contributed by atoms with van der Waals surface area (Å²) in [5.74, 6) is 0.582. The van der Waals surface area contributed by atoms with Crippen LogP contribution in [0.25, 0.3) is 0 Å². The van der Waals surface area contributed by atoms with E-state index in [2.05, 4.69) is 61.4 Å². The highest BCUT2D eigenvalue weighted by Crippen LogP contribution is 2.33. The van der Waals surface area contributed by atoms with Crippen molar-refractivity contribution in [2.45, 2.75) is 26.9 Å². The van der Waals surface area contributed by atoms with Crippen molar-refractivity contribution in [2.24, 2.45) is 0 Å². The summed E-state index contributed by atoms with van der Waals surface area (Å²) in [4.78, 5) is 25.8. The fourth-order valence-corrected chi connectivity index (χ4v) is 4.36. The van der Waals surface area contributed by atoms with Crippen molar-refractivity contribution >= 4 is 40.4 Å². The van der Waals surface area contributed by atoms with Gasteiger partial charge < -0.3 is 30.5 Å². The molecule has 1 aromatic heterocycles. The van der Waals surface area contributed by atoms with E-state index in [-0.39, 0.29) is 29.3 Å². The Balaban J connectivity index is 1.63. The first kappa shape index (κ1) is 28.9. The number of rotatable bonds is 10. The lowest BCUT2D eigenvalue weighted by Gasteiger charge is -2.35. The summed E-state index contributed by atoms with van der Waals surface area (Å²) in [6.45, 7) is 14.2. The van der Waals surface area contributed by atoms with Crippen LogP contribution in [-0.2, 0) is 4.79 Å². The molecule has 41 heavy (non-hydrogen) atoms. The Bertz CT molecular complexity index is 1500. The lowest BCUT2D eigenvalue weighted by molar-refractivity contribution is -0.111. The summed E-state index contributed by atoms with van der Waals surface area (Å²) in [6, 6.07) is 15.0. The Kier molecular flexibility index (Phi) is 9.35. The van der Waals surface area contributed by atoms with Crippen molar-refractivity contribution in [3.05, 3.63) is 66.4 Å². The first-order chi connectivity index (χ1) is 19.8. The number of carbonyl (C=O) groups excluding carboxylic acids is 1. The molecule has 0 unspecified atom stereocenters. The quantitative estimate of drug-likeness (QED) is 0.302. The zero-order valence-electron chi connectivity index (χ0n) is 23.4. The second-order valence-electron chi connectivity index (χ2n) is 9.65. The minimum absolute atomic E-state index is 0.134. The topological polar surface area (TPSA) is 142 Å². The van der Waals surface area contributed by atoms with Gasteiger partial charge in [0.05, 0.1) is 41.0 Å². The minimum Gasteiger partial charge on any atom is -0.489 e. The molecule has 1 aliphatic rings. The van der Waals surface area contributed by atoms with Gasteiger partial charge in [0.1, 0.15) is 17.4 Å². The van der Waals surface area contributed by atoms with Gasteiger partial charge in [0.15, 0.2) is 5.82 Å². The van der Waals surface area contributed by atoms with Crippen LogP contribution in [0.4, 0.5) is 34.5 Å². The zero-order valence-corrected chi connectivity index (χ0v) is 23.4. The van der Waals surface area contributed by atoms with Gasteiger partial charge in [-0.1, -0.05) is 13.5 Å². The molecule has 1 aliphatic heterocycles. The lowest BCUT2D eigenvalue weighted by Crippen LogP contribution is -2.46. The molecule has 0 spiro atoms. The van der Waals surface area contributed by atoms with Crippen LogP contribution < -0.4 is 25.6 Å². The minimum atomic E-state index is -0.345. The van der Waals surface area contributed by atoms with Crippen molar-refractivity contribution in [1.29, 1.82) is 10.5 Å². The third-order valence-corrected chi connectivity index (χ3v) is 6.51. The highest BCUT2D eigenvalue weighted by Gasteiger charge is 2.18. The molecular weight excluding hydrogens is 518 g/mol. The highest BCUT2D eigenvalue weighted by molar-refractivity contribution is 6.02. The maximum Gasteiger partial charge on any atom is 0.247 e. The Morgan fingerprint density at radius 3 is 2.49 bits per heavy atom. The number of likely N-dealkylation sites (N-methyl/N-ethyl adjacent to an activating group) is 1. The molecule has 0 bridgehead atoms. The number of aromatic nitrogens is 2. The monoisotopic (exact) mass is 551 g/mol. The van der Waals surface area contributed by atoms with E-state index in [1.54, 1.807) is 18.2 Å². The van der Waals surface area contributed by atoms with E-state index in [9.17, 15) is 15.3 Å². The Morgan fingerprint density at radius 2 is 1.83 bits per heavy atom. The van der Waals surface area contributed by atoms with E-state index in [1.807, 2.05) is 32.0 Å². The molecule has 2 aromatic carbocycles. The van der Waals surface area contributed by atoms with Gasteiger partial charge in [-0.15, -0.1) is 0 Å². The van der Waals surface area contributed by atoms with E-state index in [1.165, 1.54) is 12.3 Å². The van der Waals surface area contributed by atoms with Crippen molar-refractivity contribution in [3.63, 3.8) is 0 Å². The number of nitrogens with zero attached hydrogens (tertiary/aromatic N) is 6. The molecule has 0 aliphatic carbocycles. The van der Waals surface area contributed by atoms with Crippen molar-refractivity contribution in [2.75, 3.05) is 53.6 Å². The molecule has 1 saturated heterocycles. The second kappa shape index (κ2) is 13.3. The lowest BCUT2D eigenvalue weighted by atomic mass is 10.2. The molecule has 210 valence electrons. The number of anilines is 6. The number of piperazine rings is 1. The SMILES string of the molecule is C=CC(=O)Nc1cc(N2CCN(CC)CC2)ccc1Nc1ncc(C#N)c(Nc2ccc(C#N)cc2OC(C)C)n1. The molecule has 4 rings (SSSR count). The van der Waals surface area contributed by atoms with Crippen LogP contribution >= 0.6 is 0 Å². The molecule has 11 heteroatoms. The first-order valence-corrected chi connectivity index (χ1v) is 13.4. The number of carbonyl (C=O) groups is 1. The number of nitrogens with one attached hydrogen (secondary N) is 3. The standard InChI is InChI=1S/C30H33N9O2/c1-5-28(40)34-26-16-23(39-13-11-38(6-2)12-14-39)8-10-24(26)36-30-33-19-22(18-32)29(37-30)35-25-9-7-21(17-31)15-27(25)41-20(3)4/h5,7-10,15-16,19-20H,1,6,11-14H2,2-4H3,(H,34,40)(H2,33,35,36,37). The van der Waals surface area contributed by atoms with Crippen LogP contribution in [0.3, 0.4) is 0 Å². The van der Waals surface area contributed by atoms with Crippen LogP contribution in [0.2, 0.25) is 0 Å². The van der Waals surface area contributed by atoms with E-state index < -0.39 is 0 Å². The molecule has 2 heterocycles. The molecule has 3 N–H and O–H groups in total. The molecule has 3 aromatic rings. The van der Waals surface area contributed by atoms with Gasteiger partial charge >= 0.3 is 0 Å². The van der Waals surface area contributed by atoms with Crippen molar-refractivity contribution in [1.82, 2.24) is 14.9 Å². The molecule has 1 fully saturated rings. The third-order valence-electron chi connectivity index (χ3n) is 6.51. The fourth-order valence-electron chi connectivity index (χ4n) is 4.36. The summed E-state index contributed by atoms with van der Waals surface area (Å²) >= 11 is 0. The Labute approximate surface area is 240 Å². The average Bonchev–Trinajstić information content (AvgIpc) is 2.98. The van der Waals surface area contributed by atoms with E-state index in [4.69, 9.17) is 4.74 Å². The van der Waals surface area contributed by atoms with Crippen LogP contribution in [0, 0.1) is 22.7 Å². The average molecular weight is 552 g/mol. The molecule has 0 saturated carbocycles. The number of hydrogen-bond acceptors (Lipinski definition) is 10. The van der Waals surface area contributed by atoms with E-state index in [0.717, 1.165) is 38.4 Å². The van der Waals surface area contributed by atoms with Crippen LogP contribution in [0.5, 0.6) is 5.75 Å². The van der Waals surface area contributed by atoms with Gasteiger partial charge in [-0.3, -0.25) is 4.79 Å². The maximum atomic E-state index is 12.3. The van der Waals surface area contributed by atoms with Crippen molar-refractivity contribution in [3.8, 4) is 17.9 Å². The number of hydrogen-bond donors (Lipinski definition) is 3. The van der Waals surface area contributed by atoms with E-state index in [0.29, 0.717) is 28.4 Å². The number of ether oxygens (including phenoxy) is 1. The number of nitriles is 2. The first-order valence-electron chi connectivity index (χ1n) is 13.4. The number of amides is 1. The Morgan fingerprint density at radius 1 is 1.07 bits per heavy atom. The van der Waals surface area contributed by atoms with Crippen LogP contribution in [0.15, 0.2) is 55.3 Å². The zero-order chi connectivity index (χ0) is 29.4. The van der Waals surface area contributed by atoms with Gasteiger partial charge in [0, 0.05) is 37.9 Å². The normalized spacial score (nSPS) is 13.2. The van der Waals surface area contributed by atoms with Crippen molar-refractivity contribution < 1.29 is 9.53 Å². The summed E-state index contributed by atoms with van der Waals surface area (Å²) in [5, 5.41) is 28.2. The fraction of sp³-hybridized carbons (Fsp3) is 0.300. The van der Waals surface area contributed by atoms with Gasteiger partial charge in [-0.2, -0.15) is 15.5 Å². The van der Waals surface area contributed by atoms with Crippen LogP contribution in [-0.4, -0.2) is 59.6 Å². The van der Waals surface area contributed by atoms with Gasteiger partial charge in [-0.05, 0) is 56.8 Å². The molecule has 11 nitrogen and oxygen atoms in total. The molecular formula is C30H33N9O2. The smallest absolute Gasteiger partial charge is 0.247 e. The van der Waals surface area contributed by atoms with Gasteiger partial charge in [0.2, 0.25) is 11.9 Å². The predicted molar refractivity (Wildman–Crippen MR) is 160 cm³/mol. The second-order valence-corrected chi connectivity index (χ2v) is 9.65. The Hall–Kier alpha value is -5.13. The summed E-state index contributed by atoms with van der Waals surface area (Å²) < 4.78 is 5.89. The van der Waals surface area contributed by atoms with E-state index >= 15 is 0 Å². The van der Waals surface area contributed by atoms with Gasteiger partial charge in [-0.25, -0.2) is 4.98 Å². The summed E-state index contributed by atoms with van der Waals surface area (Å²) in [7, 11) is 0. The van der Waals surface area contributed by atoms with Crippen LogP contribution in [0.1, 0.15) is 31.9 Å². The number of benzene rings is 2. The molecule has 0 radical (unpaired) electrons. The maximum absolute atomic E-state index is 12.3. The molecule has 0 atom stereocenters. The summed E-state index contributed by atoms with van der Waals surface area (Å²) in [5.41, 5.74) is 3.33. The summed E-state index contributed by atoms with van der Waals surface area (Å²) in [6.07, 6.45) is 2.49. The highest BCUT2D eigenvalue weighted by atomic mass is 16.5. The largest absolute Gasteiger partial charge is 0.489 e. The van der Waals surface area contributed by atoms with Gasteiger partial charge in [0.25, 0.3) is 0 Å².